The van der Waals surface area contributed by atoms with Crippen LogP contribution in [0.3, 0.4) is 0 Å². The van der Waals surface area contributed by atoms with Gasteiger partial charge in [-0.15, -0.1) is 4.36 Å². The summed E-state index contributed by atoms with van der Waals surface area (Å²) >= 11 is 0. The van der Waals surface area contributed by atoms with Gasteiger partial charge in [-0.05, 0) is 36.4 Å². The predicted octanol–water partition coefficient (Wildman–Crippen LogP) is 1.71. The van der Waals surface area contributed by atoms with Crippen LogP contribution in [0.2, 0.25) is 0 Å². The van der Waals surface area contributed by atoms with Crippen molar-refractivity contribution in [2.45, 2.75) is 17.9 Å². The molecule has 0 amide bonds. The topological polar surface area (TPSA) is 132 Å². The third-order valence-electron chi connectivity index (χ3n) is 5.26. The molecule has 11 nitrogen and oxygen atoms in total. The zero-order chi connectivity index (χ0) is 25.4. The number of hydrogen-bond donors (Lipinski definition) is 0. The van der Waals surface area contributed by atoms with Gasteiger partial charge in [0.2, 0.25) is 10.0 Å². The van der Waals surface area contributed by atoms with Crippen LogP contribution in [0.25, 0.3) is 0 Å². The largest absolute Gasteiger partial charge is 0.497 e. The summed E-state index contributed by atoms with van der Waals surface area (Å²) in [5.41, 5.74) is 0.217. The molecule has 1 heterocycles. The third kappa shape index (κ3) is 7.75. The van der Waals surface area contributed by atoms with E-state index in [1.807, 2.05) is 4.90 Å². The molecule has 2 aromatic carbocycles. The Hall–Kier alpha value is -3.00. The van der Waals surface area contributed by atoms with Gasteiger partial charge < -0.3 is 14.2 Å². The summed E-state index contributed by atoms with van der Waals surface area (Å²) in [7, 11) is -4.70. The molecule has 1 aliphatic heterocycles. The molecule has 190 valence electrons. The SMILES string of the molecule is COc1ccc(S(=O)(=O)N2CCN(CC(COc3cccc(N=S(=O)=O)c3)OC(C)=O)CC2)cc1. The Balaban J connectivity index is 1.58. The van der Waals surface area contributed by atoms with Crippen molar-refractivity contribution < 1.29 is 35.8 Å². The summed E-state index contributed by atoms with van der Waals surface area (Å²) in [6, 6.07) is 12.5. The van der Waals surface area contributed by atoms with Gasteiger partial charge in [-0.1, -0.05) is 6.07 Å². The normalized spacial score (nSPS) is 15.7. The maximum absolute atomic E-state index is 12.9. The Morgan fingerprint density at radius 1 is 1.06 bits per heavy atom. The number of esters is 1. The summed E-state index contributed by atoms with van der Waals surface area (Å²) in [6.45, 7) is 3.18. The monoisotopic (exact) mass is 525 g/mol. The maximum atomic E-state index is 12.9. The minimum absolute atomic E-state index is 0.0356. The molecule has 1 unspecified atom stereocenters. The molecule has 0 aliphatic carbocycles. The number of methoxy groups -OCH3 is 1. The van der Waals surface area contributed by atoms with E-state index in [1.54, 1.807) is 24.3 Å². The van der Waals surface area contributed by atoms with Crippen molar-refractivity contribution in [3.8, 4) is 11.5 Å². The van der Waals surface area contributed by atoms with Gasteiger partial charge in [-0.2, -0.15) is 12.7 Å². The highest BCUT2D eigenvalue weighted by Crippen LogP contribution is 2.22. The minimum Gasteiger partial charge on any atom is -0.497 e. The van der Waals surface area contributed by atoms with Crippen molar-refractivity contribution in [3.63, 3.8) is 0 Å². The highest BCUT2D eigenvalue weighted by Gasteiger charge is 2.30. The second kappa shape index (κ2) is 12.1. The van der Waals surface area contributed by atoms with Gasteiger partial charge in [0, 0.05) is 45.7 Å². The van der Waals surface area contributed by atoms with Gasteiger partial charge in [0.15, 0.2) is 0 Å². The van der Waals surface area contributed by atoms with Gasteiger partial charge in [0.25, 0.3) is 0 Å². The van der Waals surface area contributed by atoms with E-state index in [0.29, 0.717) is 31.1 Å². The van der Waals surface area contributed by atoms with Crippen molar-refractivity contribution in [1.29, 1.82) is 0 Å². The summed E-state index contributed by atoms with van der Waals surface area (Å²) in [4.78, 5) is 13.8. The van der Waals surface area contributed by atoms with Crippen LogP contribution in [-0.2, 0) is 30.1 Å². The number of carbonyl (C=O) groups excluding carboxylic acids is 1. The zero-order valence-electron chi connectivity index (χ0n) is 19.4. The van der Waals surface area contributed by atoms with Crippen LogP contribution in [0.4, 0.5) is 5.69 Å². The molecule has 1 aliphatic rings. The van der Waals surface area contributed by atoms with Crippen LogP contribution in [0, 0.1) is 0 Å². The number of hydrogen-bond acceptors (Lipinski definition) is 10. The Morgan fingerprint density at radius 2 is 1.74 bits per heavy atom. The average Bonchev–Trinajstić information content (AvgIpc) is 2.82. The summed E-state index contributed by atoms with van der Waals surface area (Å²) in [6.07, 6.45) is -0.605. The predicted molar refractivity (Wildman–Crippen MR) is 127 cm³/mol. The lowest BCUT2D eigenvalue weighted by molar-refractivity contribution is -0.149. The third-order valence-corrected chi connectivity index (χ3v) is 7.53. The molecule has 1 atom stereocenters. The first-order valence-corrected chi connectivity index (χ1v) is 13.2. The molecule has 1 saturated heterocycles. The van der Waals surface area contributed by atoms with E-state index in [-0.39, 0.29) is 30.3 Å². The van der Waals surface area contributed by atoms with Crippen molar-refractivity contribution >= 4 is 32.2 Å². The first-order valence-electron chi connectivity index (χ1n) is 10.7. The fourth-order valence-electron chi connectivity index (χ4n) is 3.60. The van der Waals surface area contributed by atoms with Crippen LogP contribution in [0.5, 0.6) is 11.5 Å². The highest BCUT2D eigenvalue weighted by atomic mass is 32.2. The average molecular weight is 526 g/mol. The van der Waals surface area contributed by atoms with Gasteiger partial charge in [-0.3, -0.25) is 9.69 Å². The van der Waals surface area contributed by atoms with Crippen molar-refractivity contribution in [2.24, 2.45) is 4.36 Å². The number of nitrogens with zero attached hydrogens (tertiary/aromatic N) is 3. The first-order chi connectivity index (χ1) is 16.7. The molecule has 0 N–H and O–H groups in total. The van der Waals surface area contributed by atoms with Gasteiger partial charge in [-0.25, -0.2) is 8.42 Å². The number of benzene rings is 2. The smallest absolute Gasteiger partial charge is 0.316 e. The van der Waals surface area contributed by atoms with Crippen LogP contribution in [0.15, 0.2) is 57.8 Å². The summed E-state index contributed by atoms with van der Waals surface area (Å²) in [5.74, 6) is 0.489. The number of piperazine rings is 1. The molecule has 0 radical (unpaired) electrons. The van der Waals surface area contributed by atoms with Crippen molar-refractivity contribution in [3.05, 3.63) is 48.5 Å². The standard InChI is InChI=1S/C22H27N3O8S2/c1-17(26)33-21(16-32-20-5-3-4-18(14-20)23-34(27)28)15-24-10-12-25(13-11-24)35(29,30)22-8-6-19(31-2)7-9-22/h3-9,14,21H,10-13,15-16H2,1-2H3. The molecule has 0 saturated carbocycles. The molecule has 0 aromatic heterocycles. The lowest BCUT2D eigenvalue weighted by Gasteiger charge is -2.35. The second-order valence-corrected chi connectivity index (χ2v) is 10.3. The van der Waals surface area contributed by atoms with Crippen LogP contribution < -0.4 is 9.47 Å². The Morgan fingerprint density at radius 3 is 2.34 bits per heavy atom. The number of sulfonamides is 1. The van der Waals surface area contributed by atoms with Gasteiger partial charge in [0.05, 0.1) is 17.7 Å². The number of carbonyl (C=O) groups is 1. The van der Waals surface area contributed by atoms with E-state index in [4.69, 9.17) is 14.2 Å². The highest BCUT2D eigenvalue weighted by molar-refractivity contribution is 7.89. The fourth-order valence-corrected chi connectivity index (χ4v) is 5.31. The van der Waals surface area contributed by atoms with Crippen LogP contribution in [-0.4, -0.2) is 84.6 Å². The first kappa shape index (κ1) is 26.6. The minimum atomic E-state index is -3.63. The second-order valence-electron chi connectivity index (χ2n) is 7.73. The molecular formula is C22H27N3O8S2. The molecule has 3 rings (SSSR count). The van der Waals surface area contributed by atoms with Crippen molar-refractivity contribution in [1.82, 2.24) is 9.21 Å². The zero-order valence-corrected chi connectivity index (χ0v) is 21.0. The van der Waals surface area contributed by atoms with E-state index >= 15 is 0 Å². The van der Waals surface area contributed by atoms with Gasteiger partial charge >= 0.3 is 16.5 Å². The van der Waals surface area contributed by atoms with E-state index in [1.165, 1.54) is 42.6 Å². The maximum Gasteiger partial charge on any atom is 0.316 e. The van der Waals surface area contributed by atoms with Crippen molar-refractivity contribution in [2.75, 3.05) is 46.4 Å². The molecule has 1 fully saturated rings. The quantitative estimate of drug-likeness (QED) is 0.425. The Kier molecular flexibility index (Phi) is 9.20. The van der Waals surface area contributed by atoms with Crippen LogP contribution >= 0.6 is 0 Å². The fraction of sp³-hybridized carbons (Fsp3) is 0.409. The Labute approximate surface area is 206 Å². The summed E-state index contributed by atoms with van der Waals surface area (Å²) in [5, 5.41) is 0. The van der Waals surface area contributed by atoms with E-state index in [0.717, 1.165) is 0 Å². The van der Waals surface area contributed by atoms with E-state index in [2.05, 4.69) is 4.36 Å². The lowest BCUT2D eigenvalue weighted by atomic mass is 10.3. The number of rotatable bonds is 10. The molecule has 0 bridgehead atoms. The molecule has 35 heavy (non-hydrogen) atoms. The van der Waals surface area contributed by atoms with Crippen LogP contribution in [0.1, 0.15) is 6.92 Å². The van der Waals surface area contributed by atoms with Gasteiger partial charge in [0.1, 0.15) is 24.2 Å². The van der Waals surface area contributed by atoms with E-state index < -0.39 is 32.6 Å². The number of ether oxygens (including phenoxy) is 3. The lowest BCUT2D eigenvalue weighted by Crippen LogP contribution is -2.51. The Bertz CT molecular complexity index is 1250. The molecular weight excluding hydrogens is 498 g/mol. The van der Waals surface area contributed by atoms with E-state index in [9.17, 15) is 21.6 Å². The summed E-state index contributed by atoms with van der Waals surface area (Å²) < 4.78 is 68.4. The molecule has 2 aromatic rings. The molecule has 0 spiro atoms. The molecule has 13 heteroatoms.